The molecule has 0 radical (unpaired) electrons. The van der Waals surface area contributed by atoms with Gasteiger partial charge in [0.05, 0.1) is 12.1 Å². The molecule has 0 heterocycles. The molecule has 2 atom stereocenters. The van der Waals surface area contributed by atoms with Crippen LogP contribution >= 0.6 is 0 Å². The fraction of sp³-hybridized carbons (Fsp3) is 0.250. The van der Waals surface area contributed by atoms with Gasteiger partial charge in [0.15, 0.2) is 0 Å². The van der Waals surface area contributed by atoms with Gasteiger partial charge < -0.3 is 15.0 Å². The average Bonchev–Trinajstić information content (AvgIpc) is 2.23. The molecule has 0 aromatic heterocycles. The number of carbonyl (C=O) groups is 1. The predicted octanol–water partition coefficient (Wildman–Crippen LogP) is -2.45. The van der Waals surface area contributed by atoms with Crippen molar-refractivity contribution < 1.29 is 44.6 Å². The molecule has 0 saturated carbocycles. The molecule has 16 heavy (non-hydrogen) atoms. The van der Waals surface area contributed by atoms with Crippen LogP contribution in [0.15, 0.2) is 24.3 Å². The monoisotopic (exact) mass is 226 g/mol. The minimum absolute atomic E-state index is 0. The summed E-state index contributed by atoms with van der Waals surface area (Å²) in [5, 5.41) is 20.2. The van der Waals surface area contributed by atoms with E-state index in [0.717, 1.165) is 11.1 Å². The molecule has 4 heteroatoms. The van der Waals surface area contributed by atoms with Crippen LogP contribution in [0.5, 0.6) is 0 Å². The fourth-order valence-corrected chi connectivity index (χ4v) is 1.81. The molecule has 0 spiro atoms. The van der Waals surface area contributed by atoms with E-state index >= 15 is 0 Å². The van der Waals surface area contributed by atoms with E-state index in [1.807, 2.05) is 6.92 Å². The molecule has 2 unspecified atom stereocenters. The number of aliphatic hydroxyl groups excluding tert-OH is 1. The first-order chi connectivity index (χ1) is 7.09. The van der Waals surface area contributed by atoms with Crippen LogP contribution in [0.4, 0.5) is 0 Å². The Hall–Kier alpha value is -0.610. The van der Waals surface area contributed by atoms with E-state index < -0.39 is 12.1 Å². The molecule has 3 nitrogen and oxygen atoms in total. The number of aliphatic hydroxyl groups is 1. The number of carboxylic acid groups (broad SMARTS) is 1. The fourth-order valence-electron chi connectivity index (χ4n) is 1.81. The summed E-state index contributed by atoms with van der Waals surface area (Å²) < 4.78 is 0. The maximum Gasteiger partial charge on any atom is 1.00 e. The van der Waals surface area contributed by atoms with E-state index in [4.69, 9.17) is 0 Å². The zero-order chi connectivity index (χ0) is 11.0. The molecular weight excluding hydrogens is 215 g/mol. The van der Waals surface area contributed by atoms with Crippen molar-refractivity contribution in [3.63, 3.8) is 0 Å². The average molecular weight is 226 g/mol. The molecule has 1 aliphatic carbocycles. The second-order valence-electron chi connectivity index (χ2n) is 3.77. The standard InChI is InChI=1S/C12H12O3.Na/c1-7-10-4-2-9(12(14)15)6-8(10)3-5-11(7)13;/h2-7,11,13H,1H3,(H,14,15);/q;+1/p-1. The first-order valence-corrected chi connectivity index (χ1v) is 4.81. The van der Waals surface area contributed by atoms with Crippen LogP contribution in [0, 0.1) is 0 Å². The van der Waals surface area contributed by atoms with E-state index in [0.29, 0.717) is 0 Å². The van der Waals surface area contributed by atoms with E-state index in [2.05, 4.69) is 0 Å². The first kappa shape index (κ1) is 13.5. The summed E-state index contributed by atoms with van der Waals surface area (Å²) in [5.74, 6) is -1.18. The number of carboxylic acids is 1. The van der Waals surface area contributed by atoms with E-state index in [9.17, 15) is 15.0 Å². The number of hydrogen-bond donors (Lipinski definition) is 1. The predicted molar refractivity (Wildman–Crippen MR) is 54.2 cm³/mol. The molecule has 0 bridgehead atoms. The number of fused-ring (bicyclic) bond motifs is 1. The number of benzene rings is 1. The van der Waals surface area contributed by atoms with E-state index in [-0.39, 0.29) is 41.0 Å². The summed E-state index contributed by atoms with van der Waals surface area (Å²) in [7, 11) is 0. The zero-order valence-electron chi connectivity index (χ0n) is 9.31. The number of hydrogen-bond acceptors (Lipinski definition) is 3. The van der Waals surface area contributed by atoms with Crippen molar-refractivity contribution in [3.8, 4) is 0 Å². The van der Waals surface area contributed by atoms with Crippen molar-refractivity contribution in [1.29, 1.82) is 0 Å². The van der Waals surface area contributed by atoms with Gasteiger partial charge in [-0.1, -0.05) is 31.2 Å². The summed E-state index contributed by atoms with van der Waals surface area (Å²) >= 11 is 0. The molecule has 0 amide bonds. The molecule has 0 aliphatic heterocycles. The Morgan fingerprint density at radius 3 is 2.75 bits per heavy atom. The molecular formula is C12H11NaO3. The number of carbonyl (C=O) groups excluding carboxylic acids is 1. The summed E-state index contributed by atoms with van der Waals surface area (Å²) in [6, 6.07) is 4.82. The van der Waals surface area contributed by atoms with Gasteiger partial charge in [-0.15, -0.1) is 0 Å². The van der Waals surface area contributed by atoms with Crippen LogP contribution in [-0.4, -0.2) is 17.2 Å². The second kappa shape index (κ2) is 5.15. The zero-order valence-corrected chi connectivity index (χ0v) is 11.3. The Balaban J connectivity index is 0.00000128. The molecule has 1 N–H and O–H groups in total. The van der Waals surface area contributed by atoms with Crippen LogP contribution < -0.4 is 34.7 Å². The molecule has 1 aromatic carbocycles. The third kappa shape index (κ3) is 2.38. The molecule has 2 rings (SSSR count). The van der Waals surface area contributed by atoms with Gasteiger partial charge in [-0.25, -0.2) is 0 Å². The van der Waals surface area contributed by atoms with Crippen molar-refractivity contribution in [3.05, 3.63) is 41.0 Å². The van der Waals surface area contributed by atoms with Gasteiger partial charge in [-0.05, 0) is 22.8 Å². The first-order valence-electron chi connectivity index (χ1n) is 4.81. The topological polar surface area (TPSA) is 60.4 Å². The van der Waals surface area contributed by atoms with Gasteiger partial charge in [0.1, 0.15) is 0 Å². The summed E-state index contributed by atoms with van der Waals surface area (Å²) in [4.78, 5) is 10.6. The quantitative estimate of drug-likeness (QED) is 0.541. The van der Waals surface area contributed by atoms with Gasteiger partial charge in [-0.3, -0.25) is 0 Å². The SMILES string of the molecule is CC1c2ccc(C(=O)[O-])cc2C=CC1O.[Na+]. The number of aromatic carboxylic acids is 1. The van der Waals surface area contributed by atoms with E-state index in [1.165, 1.54) is 6.07 Å². The minimum atomic E-state index is -1.18. The molecule has 1 aromatic rings. The second-order valence-corrected chi connectivity index (χ2v) is 3.77. The maximum absolute atomic E-state index is 10.6. The van der Waals surface area contributed by atoms with Crippen molar-refractivity contribution in [2.45, 2.75) is 18.9 Å². The summed E-state index contributed by atoms with van der Waals surface area (Å²) in [5.41, 5.74) is 1.98. The largest absolute Gasteiger partial charge is 1.00 e. The van der Waals surface area contributed by atoms with Crippen LogP contribution in [0.25, 0.3) is 6.08 Å². The Bertz CT molecular complexity index is 440. The van der Waals surface area contributed by atoms with Crippen LogP contribution in [0.2, 0.25) is 0 Å². The number of rotatable bonds is 1. The van der Waals surface area contributed by atoms with Crippen LogP contribution in [0.3, 0.4) is 0 Å². The normalized spacial score (nSPS) is 22.1. The Labute approximate surface area is 116 Å². The van der Waals surface area contributed by atoms with Crippen molar-refractivity contribution >= 4 is 12.0 Å². The smallest absolute Gasteiger partial charge is 0.545 e. The van der Waals surface area contributed by atoms with Crippen molar-refractivity contribution in [1.82, 2.24) is 0 Å². The Morgan fingerprint density at radius 2 is 2.12 bits per heavy atom. The van der Waals surface area contributed by atoms with Crippen LogP contribution in [0.1, 0.15) is 34.3 Å². The van der Waals surface area contributed by atoms with E-state index in [1.54, 1.807) is 24.3 Å². The molecule has 0 saturated heterocycles. The molecule has 78 valence electrons. The van der Waals surface area contributed by atoms with Crippen molar-refractivity contribution in [2.75, 3.05) is 0 Å². The van der Waals surface area contributed by atoms with Gasteiger partial charge in [-0.2, -0.15) is 0 Å². The van der Waals surface area contributed by atoms with Gasteiger partial charge in [0.2, 0.25) is 0 Å². The van der Waals surface area contributed by atoms with Gasteiger partial charge in [0.25, 0.3) is 0 Å². The van der Waals surface area contributed by atoms with Crippen LogP contribution in [-0.2, 0) is 0 Å². The third-order valence-electron chi connectivity index (χ3n) is 2.80. The Kier molecular flexibility index (Phi) is 4.33. The molecule has 1 aliphatic rings. The van der Waals surface area contributed by atoms with Crippen molar-refractivity contribution in [2.24, 2.45) is 0 Å². The Morgan fingerprint density at radius 1 is 1.44 bits per heavy atom. The van der Waals surface area contributed by atoms with Gasteiger partial charge in [0, 0.05) is 5.92 Å². The summed E-state index contributed by atoms with van der Waals surface area (Å²) in [6.45, 7) is 1.91. The molecule has 0 fully saturated rings. The summed E-state index contributed by atoms with van der Waals surface area (Å²) in [6.07, 6.45) is 2.92. The third-order valence-corrected chi connectivity index (χ3v) is 2.80. The maximum atomic E-state index is 10.6. The minimum Gasteiger partial charge on any atom is -0.545 e. The van der Waals surface area contributed by atoms with Gasteiger partial charge >= 0.3 is 29.6 Å².